The Morgan fingerprint density at radius 2 is 1.61 bits per heavy atom. The number of ketones is 1. The van der Waals surface area contributed by atoms with Crippen LogP contribution in [0.1, 0.15) is 27.3 Å². The average Bonchev–Trinajstić information content (AvgIpc) is 3.07. The van der Waals surface area contributed by atoms with Crippen LogP contribution in [0, 0.1) is 13.8 Å². The van der Waals surface area contributed by atoms with Gasteiger partial charge in [0.1, 0.15) is 5.75 Å². The number of benzene rings is 2. The van der Waals surface area contributed by atoms with E-state index in [0.717, 1.165) is 61.8 Å². The van der Waals surface area contributed by atoms with Gasteiger partial charge in [0.15, 0.2) is 5.78 Å². The molecule has 1 N–H and O–H groups in total. The molecule has 1 saturated heterocycles. The van der Waals surface area contributed by atoms with Gasteiger partial charge < -0.3 is 14.6 Å². The summed E-state index contributed by atoms with van der Waals surface area (Å²) in [6, 6.07) is 20.0. The summed E-state index contributed by atoms with van der Waals surface area (Å²) in [6.07, 6.45) is 0.957. The lowest BCUT2D eigenvalue weighted by Crippen LogP contribution is -2.48. The van der Waals surface area contributed by atoms with E-state index in [-0.39, 0.29) is 5.78 Å². The van der Waals surface area contributed by atoms with Crippen molar-refractivity contribution in [2.75, 3.05) is 37.6 Å². The minimum Gasteiger partial charge on any atom is -0.506 e. The Hall–Kier alpha value is -3.05. The number of piperazine rings is 1. The van der Waals surface area contributed by atoms with Gasteiger partial charge in [-0.05, 0) is 44.0 Å². The van der Waals surface area contributed by atoms with Crippen LogP contribution < -0.4 is 4.90 Å². The van der Waals surface area contributed by atoms with E-state index in [1.54, 1.807) is 6.07 Å². The van der Waals surface area contributed by atoms with Crippen LogP contribution in [0.15, 0.2) is 60.7 Å². The van der Waals surface area contributed by atoms with E-state index in [0.29, 0.717) is 12.3 Å². The predicted octanol–water partition coefficient (Wildman–Crippen LogP) is 4.06. The molecule has 0 radical (unpaired) electrons. The fraction of sp³-hybridized carbons (Fsp3) is 0.346. The normalized spacial score (nSPS) is 14.7. The van der Waals surface area contributed by atoms with E-state index in [9.17, 15) is 9.90 Å². The molecule has 1 aromatic heterocycles. The van der Waals surface area contributed by atoms with Crippen LogP contribution in [0.4, 0.5) is 5.69 Å². The molecule has 0 atom stereocenters. The summed E-state index contributed by atoms with van der Waals surface area (Å²) >= 11 is 0. The number of aromatic nitrogens is 1. The highest BCUT2D eigenvalue weighted by Crippen LogP contribution is 2.27. The predicted molar refractivity (Wildman–Crippen MR) is 125 cm³/mol. The molecule has 0 saturated carbocycles. The minimum atomic E-state index is 0.190. The Morgan fingerprint density at radius 3 is 2.32 bits per heavy atom. The number of phenolic OH excluding ortho intramolecular Hbond substituents is 1. The molecular weight excluding hydrogens is 386 g/mol. The van der Waals surface area contributed by atoms with Crippen molar-refractivity contribution in [1.29, 1.82) is 0 Å². The van der Waals surface area contributed by atoms with Gasteiger partial charge in [0.25, 0.3) is 0 Å². The van der Waals surface area contributed by atoms with E-state index in [2.05, 4.69) is 52.5 Å². The van der Waals surface area contributed by atoms with Crippen molar-refractivity contribution in [1.82, 2.24) is 9.47 Å². The fourth-order valence-corrected chi connectivity index (χ4v) is 4.48. The first-order valence-corrected chi connectivity index (χ1v) is 11.0. The molecule has 2 heterocycles. The largest absolute Gasteiger partial charge is 0.506 e. The van der Waals surface area contributed by atoms with Gasteiger partial charge in [-0.1, -0.05) is 42.5 Å². The Bertz CT molecular complexity index is 1030. The third-order valence-electron chi connectivity index (χ3n) is 6.30. The third kappa shape index (κ3) is 4.83. The summed E-state index contributed by atoms with van der Waals surface area (Å²) in [6.45, 7) is 8.70. The van der Waals surface area contributed by atoms with Crippen LogP contribution in [0.5, 0.6) is 5.75 Å². The van der Waals surface area contributed by atoms with E-state index >= 15 is 0 Å². The molecule has 0 amide bonds. The summed E-state index contributed by atoms with van der Waals surface area (Å²) in [5.41, 5.74) is 5.22. The average molecular weight is 418 g/mol. The van der Waals surface area contributed by atoms with Crippen molar-refractivity contribution in [2.45, 2.75) is 26.8 Å². The Morgan fingerprint density at radius 1 is 0.935 bits per heavy atom. The zero-order valence-corrected chi connectivity index (χ0v) is 18.4. The number of phenols is 1. The molecular formula is C26H31N3O2. The molecule has 2 aromatic carbocycles. The van der Waals surface area contributed by atoms with Crippen LogP contribution in [0.2, 0.25) is 0 Å². The van der Waals surface area contributed by atoms with Crippen LogP contribution >= 0.6 is 0 Å². The monoisotopic (exact) mass is 417 g/mol. The number of Topliss-reactive ketones (excluding diaryl/α,β-unsaturated/α-hetero) is 1. The molecule has 4 rings (SSSR count). The van der Waals surface area contributed by atoms with E-state index in [4.69, 9.17) is 0 Å². The lowest BCUT2D eigenvalue weighted by atomic mass is 10.1. The second kappa shape index (κ2) is 9.40. The Kier molecular flexibility index (Phi) is 6.42. The molecule has 5 heteroatoms. The van der Waals surface area contributed by atoms with Crippen LogP contribution in [0.25, 0.3) is 0 Å². The molecule has 0 unspecified atom stereocenters. The number of aromatic hydroxyl groups is 1. The van der Waals surface area contributed by atoms with Crippen molar-refractivity contribution in [2.24, 2.45) is 0 Å². The quantitative estimate of drug-likeness (QED) is 0.589. The summed E-state index contributed by atoms with van der Waals surface area (Å²) in [4.78, 5) is 17.5. The number of hydrogen-bond donors (Lipinski definition) is 1. The second-order valence-corrected chi connectivity index (χ2v) is 8.35. The Balaban J connectivity index is 1.35. The van der Waals surface area contributed by atoms with Gasteiger partial charge in [-0.25, -0.2) is 0 Å². The van der Waals surface area contributed by atoms with Crippen molar-refractivity contribution >= 4 is 11.5 Å². The molecule has 1 aliphatic heterocycles. The number of nitrogens with zero attached hydrogens (tertiary/aromatic N) is 3. The van der Waals surface area contributed by atoms with Gasteiger partial charge in [0.05, 0.1) is 12.2 Å². The number of anilines is 1. The number of aryl methyl sites for hydroxylation is 2. The van der Waals surface area contributed by atoms with Gasteiger partial charge >= 0.3 is 0 Å². The van der Waals surface area contributed by atoms with Crippen molar-refractivity contribution in [3.63, 3.8) is 0 Å². The van der Waals surface area contributed by atoms with Gasteiger partial charge in [0.2, 0.25) is 0 Å². The molecule has 1 fully saturated rings. The highest BCUT2D eigenvalue weighted by atomic mass is 16.3. The zero-order chi connectivity index (χ0) is 21.8. The lowest BCUT2D eigenvalue weighted by molar-refractivity contribution is 0.0925. The molecule has 5 nitrogen and oxygen atoms in total. The van der Waals surface area contributed by atoms with E-state index in [1.807, 2.05) is 30.3 Å². The maximum atomic E-state index is 13.1. The van der Waals surface area contributed by atoms with Crippen molar-refractivity contribution < 1.29 is 9.90 Å². The topological polar surface area (TPSA) is 48.7 Å². The highest BCUT2D eigenvalue weighted by Gasteiger charge is 2.23. The number of para-hydroxylation sites is 2. The summed E-state index contributed by atoms with van der Waals surface area (Å²) in [5, 5.41) is 10.1. The van der Waals surface area contributed by atoms with Crippen LogP contribution in [-0.2, 0) is 13.0 Å². The molecule has 0 bridgehead atoms. The molecule has 0 aliphatic carbocycles. The van der Waals surface area contributed by atoms with Crippen molar-refractivity contribution in [3.05, 3.63) is 83.2 Å². The van der Waals surface area contributed by atoms with E-state index in [1.165, 1.54) is 5.56 Å². The first-order chi connectivity index (χ1) is 15.0. The summed E-state index contributed by atoms with van der Waals surface area (Å²) in [7, 11) is 0. The number of rotatable bonds is 7. The molecule has 3 aromatic rings. The third-order valence-corrected chi connectivity index (χ3v) is 6.30. The number of hydrogen-bond acceptors (Lipinski definition) is 4. The molecule has 0 spiro atoms. The first kappa shape index (κ1) is 21.2. The van der Waals surface area contributed by atoms with Crippen LogP contribution in [-0.4, -0.2) is 53.1 Å². The Labute approximate surface area is 184 Å². The second-order valence-electron chi connectivity index (χ2n) is 8.35. The minimum absolute atomic E-state index is 0.190. The smallest absolute Gasteiger partial charge is 0.178 e. The van der Waals surface area contributed by atoms with Gasteiger partial charge in [-0.15, -0.1) is 0 Å². The lowest BCUT2D eigenvalue weighted by Gasteiger charge is -2.35. The maximum Gasteiger partial charge on any atom is 0.178 e. The number of carbonyl (C=O) groups is 1. The summed E-state index contributed by atoms with van der Waals surface area (Å²) < 4.78 is 2.26. The standard InChI is InChI=1S/C26H31N3O2/c1-20-18-23(21(2)29(20)13-12-22-8-4-3-5-9-22)26(31)19-27-14-16-28(17-15-27)24-10-6-7-11-25(24)30/h3-11,18,30H,12-17,19H2,1-2H3. The fourth-order valence-electron chi connectivity index (χ4n) is 4.48. The van der Waals surface area contributed by atoms with E-state index < -0.39 is 0 Å². The SMILES string of the molecule is Cc1cc(C(=O)CN2CCN(c3ccccc3O)CC2)c(C)n1CCc1ccccc1. The number of carbonyl (C=O) groups excluding carboxylic acids is 1. The molecule has 162 valence electrons. The zero-order valence-electron chi connectivity index (χ0n) is 18.4. The first-order valence-electron chi connectivity index (χ1n) is 11.0. The summed E-state index contributed by atoms with van der Waals surface area (Å²) in [5.74, 6) is 0.505. The van der Waals surface area contributed by atoms with Crippen LogP contribution in [0.3, 0.4) is 0 Å². The van der Waals surface area contributed by atoms with Gasteiger partial charge in [-0.2, -0.15) is 0 Å². The van der Waals surface area contributed by atoms with Gasteiger partial charge in [0, 0.05) is 49.7 Å². The van der Waals surface area contributed by atoms with Gasteiger partial charge in [-0.3, -0.25) is 9.69 Å². The maximum absolute atomic E-state index is 13.1. The highest BCUT2D eigenvalue weighted by molar-refractivity contribution is 5.99. The van der Waals surface area contributed by atoms with Crippen molar-refractivity contribution in [3.8, 4) is 5.75 Å². The molecule has 31 heavy (non-hydrogen) atoms. The molecule has 1 aliphatic rings.